The van der Waals surface area contributed by atoms with E-state index in [-0.39, 0.29) is 0 Å². The lowest BCUT2D eigenvalue weighted by Gasteiger charge is -2.09. The number of rotatable bonds is 6. The van der Waals surface area contributed by atoms with Gasteiger partial charge in [0.2, 0.25) is 0 Å². The molecule has 0 spiro atoms. The molecule has 258 valence electrons. The maximum Gasteiger partial charge on any atom is 0.0434 e. The molecule has 2 heterocycles. The highest BCUT2D eigenvalue weighted by molar-refractivity contribution is 7.27. The molecule has 0 fully saturated rings. The second kappa shape index (κ2) is 14.8. The fourth-order valence-corrected chi connectivity index (χ4v) is 9.91. The van der Waals surface area contributed by atoms with Gasteiger partial charge in [-0.2, -0.15) is 0 Å². The van der Waals surface area contributed by atoms with Crippen molar-refractivity contribution in [2.24, 2.45) is 0 Å². The van der Waals surface area contributed by atoms with Crippen LogP contribution in [0.5, 0.6) is 0 Å². The van der Waals surface area contributed by atoms with Crippen LogP contribution in [-0.2, 0) is 0 Å². The largest absolute Gasteiger partial charge is 0.135 e. The summed E-state index contributed by atoms with van der Waals surface area (Å²) in [6.45, 7) is 6.74. The van der Waals surface area contributed by atoms with Crippen LogP contribution in [0.25, 0.3) is 79.1 Å². The zero-order valence-corrected chi connectivity index (χ0v) is 31.8. The molecule has 2 heteroatoms. The van der Waals surface area contributed by atoms with Crippen molar-refractivity contribution in [3.63, 3.8) is 0 Å². The van der Waals surface area contributed by atoms with E-state index in [0.717, 1.165) is 17.6 Å². The van der Waals surface area contributed by atoms with Crippen molar-refractivity contribution in [2.45, 2.75) is 13.3 Å². The number of hydrogen-bond donors (Lipinski definition) is 0. The number of hydrogen-bond acceptors (Lipinski definition) is 2. The normalized spacial score (nSPS) is 14.2. The van der Waals surface area contributed by atoms with E-state index in [9.17, 15) is 0 Å². The molecular weight excluding hydrogens is 689 g/mol. The van der Waals surface area contributed by atoms with E-state index < -0.39 is 0 Å². The van der Waals surface area contributed by atoms with Crippen molar-refractivity contribution in [1.82, 2.24) is 0 Å². The van der Waals surface area contributed by atoms with Crippen LogP contribution in [0.2, 0.25) is 0 Å². The molecule has 1 aliphatic carbocycles. The SMILES string of the molecule is C=C(/C=C\C=C\c1ccc2sc3c(ccc4c3ccc3sc5ccccc5c34)c2c1)c1ccccccc(/C(C)=C/C=C2/C=CC=CC2)c2ccccc12. The molecule has 9 rings (SSSR count). The molecule has 0 bridgehead atoms. The standard InChI is InChI=1S/C52H38S2/c1-35(39-20-8-3-4-9-21-40(42-23-13-12-22-41(39)42)36(2)26-27-37-17-6-5-7-18-37)16-10-11-19-38-28-32-49-47(34-38)45-30-29-43-44(52(45)54-49)31-33-50-51(43)46-24-14-15-25-48(46)53-50/h3-17,19-34H,1,18H2,2H3/b4-3?,8-3?,9-4?,16-10-,19-11+,20-8?,21-9?,36-26+,37-27-,39-20?,40-21?,41-39?,42-40?. The molecule has 0 aliphatic heterocycles. The maximum absolute atomic E-state index is 4.54. The van der Waals surface area contributed by atoms with Gasteiger partial charge >= 0.3 is 0 Å². The quantitative estimate of drug-likeness (QED) is 0.150. The third-order valence-corrected chi connectivity index (χ3v) is 12.6. The molecule has 0 N–H and O–H groups in total. The Labute approximate surface area is 324 Å². The predicted octanol–water partition coefficient (Wildman–Crippen LogP) is 16.0. The first-order chi connectivity index (χ1) is 26.6. The molecule has 0 saturated heterocycles. The Hall–Kier alpha value is -6.06. The van der Waals surface area contributed by atoms with Crippen LogP contribution in [0.4, 0.5) is 0 Å². The highest BCUT2D eigenvalue weighted by atomic mass is 32.1. The van der Waals surface area contributed by atoms with Crippen LogP contribution >= 0.6 is 22.7 Å². The van der Waals surface area contributed by atoms with Crippen molar-refractivity contribution in [3.05, 3.63) is 211 Å². The van der Waals surface area contributed by atoms with Gasteiger partial charge in [0.15, 0.2) is 0 Å². The Balaban J connectivity index is 1.03. The average molecular weight is 727 g/mol. The minimum atomic E-state index is 0.960. The Morgan fingerprint density at radius 3 is 2.11 bits per heavy atom. The highest BCUT2D eigenvalue weighted by Crippen LogP contribution is 2.44. The molecule has 54 heavy (non-hydrogen) atoms. The van der Waals surface area contributed by atoms with Crippen LogP contribution in [-0.4, -0.2) is 0 Å². The fourth-order valence-electron chi connectivity index (χ4n) is 7.58. The lowest BCUT2D eigenvalue weighted by atomic mass is 9.95. The van der Waals surface area contributed by atoms with Crippen LogP contribution in [0.3, 0.4) is 0 Å². The van der Waals surface area contributed by atoms with Gasteiger partial charge in [-0.15, -0.1) is 22.7 Å². The summed E-state index contributed by atoms with van der Waals surface area (Å²) >= 11 is 3.78. The zero-order chi connectivity index (χ0) is 36.4. The van der Waals surface area contributed by atoms with Crippen LogP contribution in [0.1, 0.15) is 30.0 Å². The second-order valence-corrected chi connectivity index (χ2v) is 15.9. The van der Waals surface area contributed by atoms with Gasteiger partial charge in [-0.1, -0.05) is 170 Å². The van der Waals surface area contributed by atoms with Crippen LogP contribution in [0.15, 0.2) is 194 Å². The van der Waals surface area contributed by atoms with E-state index in [0.29, 0.717) is 0 Å². The van der Waals surface area contributed by atoms with E-state index in [1.54, 1.807) is 0 Å². The minimum absolute atomic E-state index is 0.960. The lowest BCUT2D eigenvalue weighted by molar-refractivity contribution is 1.26. The van der Waals surface area contributed by atoms with E-state index in [4.69, 9.17) is 0 Å². The summed E-state index contributed by atoms with van der Waals surface area (Å²) in [6.07, 6.45) is 22.6. The highest BCUT2D eigenvalue weighted by Gasteiger charge is 2.13. The van der Waals surface area contributed by atoms with Gasteiger partial charge in [0.05, 0.1) is 0 Å². The van der Waals surface area contributed by atoms with Gasteiger partial charge in [-0.3, -0.25) is 0 Å². The summed E-state index contributed by atoms with van der Waals surface area (Å²) in [4.78, 5) is 0. The van der Waals surface area contributed by atoms with Gasteiger partial charge in [0.1, 0.15) is 0 Å². The Morgan fingerprint density at radius 2 is 1.28 bits per heavy atom. The van der Waals surface area contributed by atoms with Crippen molar-refractivity contribution in [2.75, 3.05) is 0 Å². The van der Waals surface area contributed by atoms with Crippen LogP contribution < -0.4 is 0 Å². The van der Waals surface area contributed by atoms with E-state index in [1.807, 2.05) is 22.7 Å². The molecule has 1 aliphatic rings. The molecule has 0 atom stereocenters. The number of allylic oxidation sites excluding steroid dienone is 12. The molecule has 2 aromatic heterocycles. The molecule has 6 aromatic carbocycles. The molecule has 0 saturated carbocycles. The van der Waals surface area contributed by atoms with Crippen molar-refractivity contribution < 1.29 is 0 Å². The summed E-state index contributed by atoms with van der Waals surface area (Å²) in [5, 5.41) is 10.4. The third-order valence-electron chi connectivity index (χ3n) is 10.3. The predicted molar refractivity (Wildman–Crippen MR) is 243 cm³/mol. The second-order valence-electron chi connectivity index (χ2n) is 13.7. The Morgan fingerprint density at radius 1 is 0.593 bits per heavy atom. The first-order valence-corrected chi connectivity index (χ1v) is 20.0. The molecular formula is C52H38S2. The van der Waals surface area contributed by atoms with Crippen molar-refractivity contribution in [3.8, 4) is 0 Å². The smallest absolute Gasteiger partial charge is 0.0434 e. The molecule has 0 nitrogen and oxygen atoms in total. The molecule has 8 aromatic rings. The maximum atomic E-state index is 4.54. The monoisotopic (exact) mass is 726 g/mol. The topological polar surface area (TPSA) is 0 Å². The number of fused-ring (bicyclic) bond motifs is 10. The fraction of sp³-hybridized carbons (Fsp3) is 0.0385. The Bertz CT molecular complexity index is 3040. The van der Waals surface area contributed by atoms with Crippen molar-refractivity contribution in [1.29, 1.82) is 0 Å². The van der Waals surface area contributed by atoms with Gasteiger partial charge < -0.3 is 0 Å². The third kappa shape index (κ3) is 6.45. The summed E-state index contributed by atoms with van der Waals surface area (Å²) in [5.41, 5.74) is 6.97. The van der Waals surface area contributed by atoms with E-state index in [2.05, 4.69) is 202 Å². The van der Waals surface area contributed by atoms with Gasteiger partial charge in [0, 0.05) is 45.7 Å². The van der Waals surface area contributed by atoms with Gasteiger partial charge in [-0.25, -0.2) is 0 Å². The minimum Gasteiger partial charge on any atom is -0.135 e. The summed E-state index contributed by atoms with van der Waals surface area (Å²) in [7, 11) is 0. The van der Waals surface area contributed by atoms with Crippen LogP contribution in [0, 0.1) is 0 Å². The van der Waals surface area contributed by atoms with E-state index >= 15 is 0 Å². The Kier molecular flexibility index (Phi) is 9.22. The number of thiophene rings is 2. The first kappa shape index (κ1) is 33.8. The first-order valence-electron chi connectivity index (χ1n) is 18.4. The summed E-state index contributed by atoms with van der Waals surface area (Å²) in [5.74, 6) is 0. The van der Waals surface area contributed by atoms with Gasteiger partial charge in [0.25, 0.3) is 0 Å². The van der Waals surface area contributed by atoms with E-state index in [1.165, 1.54) is 84.2 Å². The van der Waals surface area contributed by atoms with Gasteiger partial charge in [-0.05, 0) is 87.2 Å². The zero-order valence-electron chi connectivity index (χ0n) is 30.1. The van der Waals surface area contributed by atoms with Crippen molar-refractivity contribution >= 4 is 102 Å². The lowest BCUT2D eigenvalue weighted by Crippen LogP contribution is -1.86. The summed E-state index contributed by atoms with van der Waals surface area (Å²) < 4.78 is 5.38. The average Bonchev–Trinajstić information content (AvgIpc) is 3.79. The molecule has 0 unspecified atom stereocenters. The molecule has 0 radical (unpaired) electrons. The number of benzene rings is 5. The summed E-state index contributed by atoms with van der Waals surface area (Å²) in [6, 6.07) is 46.3. The molecule has 0 amide bonds.